The van der Waals surface area contributed by atoms with Crippen LogP contribution in [0.4, 0.5) is 5.69 Å². The van der Waals surface area contributed by atoms with Gasteiger partial charge in [0.25, 0.3) is 5.91 Å². The molecular formula is C22H20BrN3O2S2. The standard InChI is InChI=1S/C22H20BrN3O2S2/c1-2-10-26-18-8-7-16(23)12-19(18)30-22(26)24-20(27)13-29-14-21(28)25-11-9-15-5-3-4-6-17(15)25/h2-8,12H,1,9-11,13-14H2. The first kappa shape index (κ1) is 21.1. The highest BCUT2D eigenvalue weighted by atomic mass is 79.9. The molecule has 0 saturated carbocycles. The molecule has 3 aromatic rings. The van der Waals surface area contributed by atoms with E-state index in [0.717, 1.165) is 26.8 Å². The predicted octanol–water partition coefficient (Wildman–Crippen LogP) is 4.40. The molecule has 0 spiro atoms. The number of benzene rings is 2. The fraction of sp³-hybridized carbons (Fsp3) is 0.227. The first-order chi connectivity index (χ1) is 14.6. The van der Waals surface area contributed by atoms with E-state index in [1.165, 1.54) is 28.7 Å². The van der Waals surface area contributed by atoms with Crippen molar-refractivity contribution in [2.24, 2.45) is 4.99 Å². The van der Waals surface area contributed by atoms with Crippen molar-refractivity contribution in [3.05, 3.63) is 70.0 Å². The van der Waals surface area contributed by atoms with Gasteiger partial charge in [0.15, 0.2) is 4.80 Å². The zero-order chi connectivity index (χ0) is 21.1. The Morgan fingerprint density at radius 3 is 2.90 bits per heavy atom. The Balaban J connectivity index is 1.42. The molecule has 0 atom stereocenters. The maximum atomic E-state index is 12.6. The molecule has 5 nitrogen and oxygen atoms in total. The van der Waals surface area contributed by atoms with E-state index in [9.17, 15) is 9.59 Å². The van der Waals surface area contributed by atoms with Crippen LogP contribution in [0.5, 0.6) is 0 Å². The Hall–Kier alpha value is -2.16. The van der Waals surface area contributed by atoms with Crippen molar-refractivity contribution in [2.45, 2.75) is 13.0 Å². The summed E-state index contributed by atoms with van der Waals surface area (Å²) in [4.78, 5) is 31.8. The summed E-state index contributed by atoms with van der Waals surface area (Å²) in [6, 6.07) is 14.0. The Morgan fingerprint density at radius 1 is 1.23 bits per heavy atom. The van der Waals surface area contributed by atoms with E-state index >= 15 is 0 Å². The zero-order valence-corrected chi connectivity index (χ0v) is 19.4. The van der Waals surface area contributed by atoms with Crippen LogP contribution in [0.15, 0.2) is 64.6 Å². The van der Waals surface area contributed by atoms with Gasteiger partial charge in [0.05, 0.1) is 21.7 Å². The lowest BCUT2D eigenvalue weighted by Gasteiger charge is -2.16. The maximum absolute atomic E-state index is 12.6. The SMILES string of the molecule is C=CCn1c(=NC(=O)CSCC(=O)N2CCc3ccccc32)sc2cc(Br)ccc21. The van der Waals surface area contributed by atoms with Crippen LogP contribution in [-0.2, 0) is 22.6 Å². The van der Waals surface area contributed by atoms with Crippen LogP contribution in [-0.4, -0.2) is 34.4 Å². The van der Waals surface area contributed by atoms with E-state index in [1.54, 1.807) is 6.08 Å². The maximum Gasteiger partial charge on any atom is 0.258 e. The van der Waals surface area contributed by atoms with E-state index < -0.39 is 0 Å². The molecule has 2 heterocycles. The monoisotopic (exact) mass is 501 g/mol. The molecular weight excluding hydrogens is 482 g/mol. The largest absolute Gasteiger partial charge is 0.313 e. The molecule has 2 aromatic carbocycles. The number of nitrogens with zero attached hydrogens (tertiary/aromatic N) is 3. The second-order valence-electron chi connectivity index (χ2n) is 6.82. The van der Waals surface area contributed by atoms with Gasteiger partial charge in [-0.3, -0.25) is 9.59 Å². The Labute approximate surface area is 191 Å². The van der Waals surface area contributed by atoms with Crippen molar-refractivity contribution in [3.63, 3.8) is 0 Å². The first-order valence-electron chi connectivity index (χ1n) is 9.50. The molecule has 0 radical (unpaired) electrons. The second-order valence-corrected chi connectivity index (χ2v) is 9.73. The van der Waals surface area contributed by atoms with Crippen LogP contribution in [0, 0.1) is 0 Å². The highest BCUT2D eigenvalue weighted by molar-refractivity contribution is 9.10. The fourth-order valence-electron chi connectivity index (χ4n) is 3.48. The highest BCUT2D eigenvalue weighted by Gasteiger charge is 2.23. The number of hydrogen-bond acceptors (Lipinski definition) is 4. The third kappa shape index (κ3) is 4.45. The van der Waals surface area contributed by atoms with Gasteiger partial charge in [-0.15, -0.1) is 18.3 Å². The van der Waals surface area contributed by atoms with Crippen molar-refractivity contribution < 1.29 is 9.59 Å². The van der Waals surface area contributed by atoms with E-state index in [-0.39, 0.29) is 23.3 Å². The Morgan fingerprint density at radius 2 is 2.07 bits per heavy atom. The van der Waals surface area contributed by atoms with E-state index in [2.05, 4.69) is 33.6 Å². The second kappa shape index (κ2) is 9.32. The molecule has 4 rings (SSSR count). The number of allylic oxidation sites excluding steroid dienone is 1. The summed E-state index contributed by atoms with van der Waals surface area (Å²) in [6.45, 7) is 5.09. The molecule has 0 N–H and O–H groups in total. The van der Waals surface area contributed by atoms with E-state index in [1.807, 2.05) is 45.9 Å². The van der Waals surface area contributed by atoms with Crippen molar-refractivity contribution in [2.75, 3.05) is 23.0 Å². The van der Waals surface area contributed by atoms with Gasteiger partial charge < -0.3 is 9.47 Å². The number of fused-ring (bicyclic) bond motifs is 2. The van der Waals surface area contributed by atoms with Crippen molar-refractivity contribution >= 4 is 66.7 Å². The number of rotatable bonds is 6. The molecule has 1 aromatic heterocycles. The lowest BCUT2D eigenvalue weighted by atomic mass is 10.2. The third-order valence-electron chi connectivity index (χ3n) is 4.82. The van der Waals surface area contributed by atoms with Crippen LogP contribution in [0.2, 0.25) is 0 Å². The summed E-state index contributed by atoms with van der Waals surface area (Å²) in [5.74, 6) is 0.235. The molecule has 30 heavy (non-hydrogen) atoms. The van der Waals surface area contributed by atoms with Gasteiger partial charge >= 0.3 is 0 Å². The molecule has 2 amide bonds. The molecule has 0 saturated heterocycles. The molecule has 1 aliphatic rings. The normalized spacial score (nSPS) is 13.6. The number of amides is 2. The molecule has 0 aliphatic carbocycles. The van der Waals surface area contributed by atoms with Gasteiger partial charge in [-0.1, -0.05) is 51.5 Å². The van der Waals surface area contributed by atoms with Crippen molar-refractivity contribution in [1.82, 2.24) is 4.57 Å². The van der Waals surface area contributed by atoms with Gasteiger partial charge in [0, 0.05) is 23.2 Å². The zero-order valence-electron chi connectivity index (χ0n) is 16.2. The average molecular weight is 502 g/mol. The van der Waals surface area contributed by atoms with Crippen LogP contribution >= 0.6 is 39.0 Å². The lowest BCUT2D eigenvalue weighted by molar-refractivity contribution is -0.116. The van der Waals surface area contributed by atoms with Crippen LogP contribution in [0.3, 0.4) is 0 Å². The minimum Gasteiger partial charge on any atom is -0.313 e. The summed E-state index contributed by atoms with van der Waals surface area (Å²) >= 11 is 6.27. The summed E-state index contributed by atoms with van der Waals surface area (Å²) in [6.07, 6.45) is 2.67. The van der Waals surface area contributed by atoms with Gasteiger partial charge in [-0.05, 0) is 36.2 Å². The Kier molecular flexibility index (Phi) is 6.55. The van der Waals surface area contributed by atoms with Crippen LogP contribution < -0.4 is 9.70 Å². The summed E-state index contributed by atoms with van der Waals surface area (Å²) < 4.78 is 4.01. The molecule has 0 unspecified atom stereocenters. The summed E-state index contributed by atoms with van der Waals surface area (Å²) in [7, 11) is 0. The number of anilines is 1. The van der Waals surface area contributed by atoms with Crippen molar-refractivity contribution in [3.8, 4) is 0 Å². The van der Waals surface area contributed by atoms with Crippen LogP contribution in [0.1, 0.15) is 5.56 Å². The molecule has 8 heteroatoms. The molecule has 154 valence electrons. The number of carbonyl (C=O) groups is 2. The Bertz CT molecular complexity index is 1200. The number of aromatic nitrogens is 1. The van der Waals surface area contributed by atoms with Gasteiger partial charge in [0.1, 0.15) is 0 Å². The number of halogens is 1. The molecule has 1 aliphatic heterocycles. The van der Waals surface area contributed by atoms with E-state index in [0.29, 0.717) is 17.9 Å². The minimum absolute atomic E-state index is 0.0335. The van der Waals surface area contributed by atoms with Gasteiger partial charge in [-0.25, -0.2) is 0 Å². The quantitative estimate of drug-likeness (QED) is 0.470. The lowest BCUT2D eigenvalue weighted by Crippen LogP contribution is -2.30. The number of thiazole rings is 1. The first-order valence-corrected chi connectivity index (χ1v) is 12.3. The smallest absolute Gasteiger partial charge is 0.258 e. The van der Waals surface area contributed by atoms with Crippen LogP contribution in [0.25, 0.3) is 10.2 Å². The third-order valence-corrected chi connectivity index (χ3v) is 7.25. The number of thioether (sulfide) groups is 1. The predicted molar refractivity (Wildman–Crippen MR) is 128 cm³/mol. The molecule has 0 fully saturated rings. The molecule has 0 bridgehead atoms. The fourth-order valence-corrected chi connectivity index (χ4v) is 5.76. The summed E-state index contributed by atoms with van der Waals surface area (Å²) in [5.41, 5.74) is 3.20. The van der Waals surface area contributed by atoms with Crippen molar-refractivity contribution in [1.29, 1.82) is 0 Å². The number of carbonyl (C=O) groups excluding carboxylic acids is 2. The summed E-state index contributed by atoms with van der Waals surface area (Å²) in [5, 5.41) is 0. The minimum atomic E-state index is -0.238. The number of hydrogen-bond donors (Lipinski definition) is 0. The highest BCUT2D eigenvalue weighted by Crippen LogP contribution is 2.28. The van der Waals surface area contributed by atoms with E-state index in [4.69, 9.17) is 0 Å². The average Bonchev–Trinajstić information content (AvgIpc) is 3.29. The van der Waals surface area contributed by atoms with Gasteiger partial charge in [-0.2, -0.15) is 4.99 Å². The number of para-hydroxylation sites is 1. The topological polar surface area (TPSA) is 54.7 Å². The van der Waals surface area contributed by atoms with Gasteiger partial charge in [0.2, 0.25) is 5.91 Å².